The van der Waals surface area contributed by atoms with Gasteiger partial charge in [0.25, 0.3) is 0 Å². The molecule has 0 aliphatic carbocycles. The van der Waals surface area contributed by atoms with E-state index in [0.717, 1.165) is 29.9 Å². The highest BCUT2D eigenvalue weighted by atomic mass is 32.1. The van der Waals surface area contributed by atoms with E-state index < -0.39 is 0 Å². The normalized spacial score (nSPS) is 15.7. The fourth-order valence-electron chi connectivity index (χ4n) is 2.40. The lowest BCUT2D eigenvalue weighted by atomic mass is 10.3. The summed E-state index contributed by atoms with van der Waals surface area (Å²) in [7, 11) is 2.07. The third-order valence-corrected chi connectivity index (χ3v) is 4.11. The quantitative estimate of drug-likeness (QED) is 0.626. The third-order valence-electron chi connectivity index (χ3n) is 3.45. The van der Waals surface area contributed by atoms with E-state index in [1.807, 2.05) is 11.4 Å². The van der Waals surface area contributed by atoms with Crippen molar-refractivity contribution in [3.8, 4) is 0 Å². The number of likely N-dealkylation sites (tertiary alicyclic amines) is 1. The van der Waals surface area contributed by atoms with Crippen molar-refractivity contribution in [1.29, 1.82) is 0 Å². The number of aliphatic imine (C=N–C) groups is 1. The SMILES string of the molecule is CN(C(=Nc1nccs1)N1CCCC1)c1ccccc1. The molecule has 1 aromatic carbocycles. The maximum absolute atomic E-state index is 4.75. The summed E-state index contributed by atoms with van der Waals surface area (Å²) in [5.41, 5.74) is 1.15. The minimum absolute atomic E-state index is 0.815. The van der Waals surface area contributed by atoms with Gasteiger partial charge in [-0.1, -0.05) is 18.2 Å². The van der Waals surface area contributed by atoms with Crippen LogP contribution in [0.5, 0.6) is 0 Å². The lowest BCUT2D eigenvalue weighted by Crippen LogP contribution is -2.40. The Balaban J connectivity index is 1.93. The fourth-order valence-corrected chi connectivity index (χ4v) is 2.90. The molecule has 1 fully saturated rings. The van der Waals surface area contributed by atoms with Crippen LogP contribution in [0.4, 0.5) is 10.8 Å². The molecule has 2 heterocycles. The zero-order chi connectivity index (χ0) is 13.8. The number of thiazole rings is 1. The molecule has 0 N–H and O–H groups in total. The molecule has 0 saturated carbocycles. The first kappa shape index (κ1) is 13.1. The van der Waals surface area contributed by atoms with Gasteiger partial charge >= 0.3 is 0 Å². The molecule has 1 aliphatic heterocycles. The number of benzene rings is 1. The molecule has 1 aromatic heterocycles. The van der Waals surface area contributed by atoms with E-state index in [9.17, 15) is 0 Å². The zero-order valence-electron chi connectivity index (χ0n) is 11.6. The Bertz CT molecular complexity index is 559. The number of hydrogen-bond donors (Lipinski definition) is 0. The van der Waals surface area contributed by atoms with Crippen LogP contribution in [0.3, 0.4) is 0 Å². The molecule has 0 unspecified atom stereocenters. The smallest absolute Gasteiger partial charge is 0.212 e. The number of para-hydroxylation sites is 1. The number of guanidine groups is 1. The molecule has 4 nitrogen and oxygen atoms in total. The summed E-state index contributed by atoms with van der Waals surface area (Å²) in [5.74, 6) is 0.989. The Morgan fingerprint density at radius 1 is 1.25 bits per heavy atom. The largest absolute Gasteiger partial charge is 0.342 e. The second-order valence-corrected chi connectivity index (χ2v) is 5.69. The predicted molar refractivity (Wildman–Crippen MR) is 84.9 cm³/mol. The number of nitrogens with zero attached hydrogens (tertiary/aromatic N) is 4. The molecule has 104 valence electrons. The molecule has 0 bridgehead atoms. The topological polar surface area (TPSA) is 31.7 Å². The van der Waals surface area contributed by atoms with Crippen molar-refractivity contribution >= 4 is 28.1 Å². The first-order chi connectivity index (χ1) is 9.84. The third kappa shape index (κ3) is 2.82. The van der Waals surface area contributed by atoms with Gasteiger partial charge in [-0.05, 0) is 25.0 Å². The second-order valence-electron chi connectivity index (χ2n) is 4.82. The van der Waals surface area contributed by atoms with Gasteiger partial charge in [0, 0.05) is 37.4 Å². The van der Waals surface area contributed by atoms with Crippen molar-refractivity contribution in [3.63, 3.8) is 0 Å². The minimum atomic E-state index is 0.815. The van der Waals surface area contributed by atoms with E-state index >= 15 is 0 Å². The van der Waals surface area contributed by atoms with Gasteiger partial charge in [0.05, 0.1) is 0 Å². The van der Waals surface area contributed by atoms with E-state index in [1.165, 1.54) is 12.8 Å². The van der Waals surface area contributed by atoms with E-state index in [1.54, 1.807) is 17.5 Å². The molecule has 2 aromatic rings. The van der Waals surface area contributed by atoms with Crippen molar-refractivity contribution in [2.24, 2.45) is 4.99 Å². The highest BCUT2D eigenvalue weighted by Gasteiger charge is 2.21. The van der Waals surface area contributed by atoms with Crippen LogP contribution in [0.1, 0.15) is 12.8 Å². The van der Waals surface area contributed by atoms with Crippen LogP contribution in [-0.2, 0) is 0 Å². The molecular formula is C15H18N4S. The molecule has 20 heavy (non-hydrogen) atoms. The van der Waals surface area contributed by atoms with Gasteiger partial charge < -0.3 is 9.80 Å². The highest BCUT2D eigenvalue weighted by molar-refractivity contribution is 7.13. The second kappa shape index (κ2) is 6.05. The molecule has 0 spiro atoms. The molecule has 0 radical (unpaired) electrons. The fraction of sp³-hybridized carbons (Fsp3) is 0.333. The standard InChI is InChI=1S/C15H18N4S/c1-18(13-7-3-2-4-8-13)15(19-10-5-6-11-19)17-14-16-9-12-20-14/h2-4,7-9,12H,5-6,10-11H2,1H3. The molecule has 1 saturated heterocycles. The summed E-state index contributed by atoms with van der Waals surface area (Å²) < 4.78 is 0. The summed E-state index contributed by atoms with van der Waals surface area (Å²) in [6.45, 7) is 2.14. The van der Waals surface area contributed by atoms with E-state index in [-0.39, 0.29) is 0 Å². The summed E-state index contributed by atoms with van der Waals surface area (Å²) in [4.78, 5) is 13.5. The molecule has 5 heteroatoms. The maximum Gasteiger partial charge on any atom is 0.212 e. The first-order valence-corrected chi connectivity index (χ1v) is 7.74. The van der Waals surface area contributed by atoms with Crippen LogP contribution < -0.4 is 4.90 Å². The van der Waals surface area contributed by atoms with Gasteiger partial charge in [0.15, 0.2) is 0 Å². The molecule has 1 aliphatic rings. The van der Waals surface area contributed by atoms with Gasteiger partial charge in [-0.15, -0.1) is 11.3 Å². The van der Waals surface area contributed by atoms with Crippen molar-refractivity contribution in [2.75, 3.05) is 25.0 Å². The molecule has 0 amide bonds. The maximum atomic E-state index is 4.75. The summed E-state index contributed by atoms with van der Waals surface area (Å²) in [6.07, 6.45) is 4.27. The number of hydrogen-bond acceptors (Lipinski definition) is 3. The van der Waals surface area contributed by atoms with E-state index in [0.29, 0.717) is 0 Å². The van der Waals surface area contributed by atoms with Gasteiger partial charge in [-0.2, -0.15) is 4.99 Å². The van der Waals surface area contributed by atoms with Gasteiger partial charge in [-0.3, -0.25) is 0 Å². The van der Waals surface area contributed by atoms with Crippen LogP contribution in [-0.4, -0.2) is 36.0 Å². The van der Waals surface area contributed by atoms with Crippen molar-refractivity contribution in [1.82, 2.24) is 9.88 Å². The predicted octanol–water partition coefficient (Wildman–Crippen LogP) is 3.36. The van der Waals surface area contributed by atoms with Crippen LogP contribution in [0.15, 0.2) is 46.9 Å². The van der Waals surface area contributed by atoms with Crippen LogP contribution in [0, 0.1) is 0 Å². The van der Waals surface area contributed by atoms with E-state index in [4.69, 9.17) is 4.99 Å². The lowest BCUT2D eigenvalue weighted by molar-refractivity contribution is 0.510. The monoisotopic (exact) mass is 286 g/mol. The van der Waals surface area contributed by atoms with E-state index in [2.05, 4.69) is 46.1 Å². The van der Waals surface area contributed by atoms with Crippen molar-refractivity contribution < 1.29 is 0 Å². The number of aromatic nitrogens is 1. The summed E-state index contributed by atoms with van der Waals surface area (Å²) >= 11 is 1.57. The Morgan fingerprint density at radius 2 is 2.00 bits per heavy atom. The van der Waals surface area contributed by atoms with Crippen molar-refractivity contribution in [2.45, 2.75) is 12.8 Å². The summed E-state index contributed by atoms with van der Waals surface area (Å²) in [6, 6.07) is 10.3. The van der Waals surface area contributed by atoms with Crippen LogP contribution in [0.25, 0.3) is 0 Å². The number of rotatable bonds is 2. The molecule has 3 rings (SSSR count). The number of anilines is 1. The lowest BCUT2D eigenvalue weighted by Gasteiger charge is -2.28. The molecule has 0 atom stereocenters. The van der Waals surface area contributed by atoms with Crippen LogP contribution >= 0.6 is 11.3 Å². The Kier molecular flexibility index (Phi) is 3.97. The zero-order valence-corrected chi connectivity index (χ0v) is 12.4. The van der Waals surface area contributed by atoms with Crippen LogP contribution in [0.2, 0.25) is 0 Å². The van der Waals surface area contributed by atoms with Crippen molar-refractivity contribution in [3.05, 3.63) is 41.9 Å². The van der Waals surface area contributed by atoms with Gasteiger partial charge in [0.2, 0.25) is 11.1 Å². The van der Waals surface area contributed by atoms with Gasteiger partial charge in [0.1, 0.15) is 0 Å². The average molecular weight is 286 g/mol. The highest BCUT2D eigenvalue weighted by Crippen LogP contribution is 2.21. The minimum Gasteiger partial charge on any atom is -0.342 e. The molecular weight excluding hydrogens is 268 g/mol. The Morgan fingerprint density at radius 3 is 2.65 bits per heavy atom. The Hall–Kier alpha value is -1.88. The Labute approximate surface area is 123 Å². The first-order valence-electron chi connectivity index (χ1n) is 6.86. The van der Waals surface area contributed by atoms with Gasteiger partial charge in [-0.25, -0.2) is 4.98 Å². The average Bonchev–Trinajstić information content (AvgIpc) is 3.18. The summed E-state index contributed by atoms with van der Waals surface area (Å²) in [5, 5.41) is 2.78.